The number of hydrogen-bond acceptors (Lipinski definition) is 3. The van der Waals surface area contributed by atoms with Gasteiger partial charge in [-0.15, -0.1) is 0 Å². The van der Waals surface area contributed by atoms with Crippen LogP contribution in [-0.4, -0.2) is 42.6 Å². The topological polar surface area (TPSA) is 55.6 Å². The number of nitrogens with two attached hydrogens (primary N) is 1. The summed E-state index contributed by atoms with van der Waals surface area (Å²) < 4.78 is 5.55. The zero-order valence-electron chi connectivity index (χ0n) is 10.6. The molecule has 2 heterocycles. The molecule has 2 aliphatic heterocycles. The maximum Gasteiger partial charge on any atom is 0.222 e. The van der Waals surface area contributed by atoms with Crippen molar-refractivity contribution >= 4 is 5.91 Å². The molecule has 2 N–H and O–H groups in total. The molecule has 0 saturated carbocycles. The highest BCUT2D eigenvalue weighted by Gasteiger charge is 2.26. The lowest BCUT2D eigenvalue weighted by Crippen LogP contribution is -2.47. The molecular formula is C13H24N2O2. The Hall–Kier alpha value is -0.610. The van der Waals surface area contributed by atoms with Crippen LogP contribution in [0.3, 0.4) is 0 Å². The standard InChI is InChI=1S/C13H24N2O2/c14-10-11-4-1-2-8-15(11)13(16)7-6-12-5-3-9-17-12/h11-12H,1-10,14H2. The number of ether oxygens (including phenoxy) is 1. The van der Waals surface area contributed by atoms with E-state index in [-0.39, 0.29) is 11.9 Å². The maximum absolute atomic E-state index is 12.1. The Bertz CT molecular complexity index is 252. The fourth-order valence-corrected chi connectivity index (χ4v) is 2.87. The first-order valence-electron chi connectivity index (χ1n) is 6.92. The number of piperidine rings is 1. The smallest absolute Gasteiger partial charge is 0.222 e. The summed E-state index contributed by atoms with van der Waals surface area (Å²) in [7, 11) is 0. The summed E-state index contributed by atoms with van der Waals surface area (Å²) in [6, 6.07) is 0.278. The molecule has 4 heteroatoms. The lowest BCUT2D eigenvalue weighted by molar-refractivity contribution is -0.135. The fraction of sp³-hybridized carbons (Fsp3) is 0.923. The predicted molar refractivity (Wildman–Crippen MR) is 66.6 cm³/mol. The third-order valence-electron chi connectivity index (χ3n) is 3.92. The summed E-state index contributed by atoms with van der Waals surface area (Å²) in [6.45, 7) is 2.37. The highest BCUT2D eigenvalue weighted by Crippen LogP contribution is 2.20. The van der Waals surface area contributed by atoms with Gasteiger partial charge in [-0.3, -0.25) is 4.79 Å². The van der Waals surface area contributed by atoms with Crippen molar-refractivity contribution in [3.05, 3.63) is 0 Å². The van der Waals surface area contributed by atoms with Crippen LogP contribution in [0, 0.1) is 0 Å². The van der Waals surface area contributed by atoms with Gasteiger partial charge in [0.15, 0.2) is 0 Å². The summed E-state index contributed by atoms with van der Waals surface area (Å²) >= 11 is 0. The van der Waals surface area contributed by atoms with Crippen LogP contribution >= 0.6 is 0 Å². The van der Waals surface area contributed by atoms with Gasteiger partial charge in [0.1, 0.15) is 0 Å². The predicted octanol–water partition coefficient (Wildman–Crippen LogP) is 1.29. The lowest BCUT2D eigenvalue weighted by Gasteiger charge is -2.35. The largest absolute Gasteiger partial charge is 0.378 e. The number of amides is 1. The minimum atomic E-state index is 0.274. The number of likely N-dealkylation sites (tertiary alicyclic amines) is 1. The van der Waals surface area contributed by atoms with Gasteiger partial charge in [0.25, 0.3) is 0 Å². The van der Waals surface area contributed by atoms with Gasteiger partial charge >= 0.3 is 0 Å². The van der Waals surface area contributed by atoms with Crippen molar-refractivity contribution in [2.24, 2.45) is 5.73 Å². The minimum Gasteiger partial charge on any atom is -0.378 e. The Balaban J connectivity index is 1.76. The van der Waals surface area contributed by atoms with Crippen molar-refractivity contribution in [1.29, 1.82) is 0 Å². The van der Waals surface area contributed by atoms with Crippen molar-refractivity contribution in [1.82, 2.24) is 4.90 Å². The van der Waals surface area contributed by atoms with E-state index >= 15 is 0 Å². The summed E-state index contributed by atoms with van der Waals surface area (Å²) in [5.41, 5.74) is 5.73. The van der Waals surface area contributed by atoms with E-state index in [9.17, 15) is 4.79 Å². The van der Waals surface area contributed by atoms with E-state index in [1.165, 1.54) is 6.42 Å². The first-order valence-corrected chi connectivity index (χ1v) is 6.92. The fourth-order valence-electron chi connectivity index (χ4n) is 2.87. The van der Waals surface area contributed by atoms with Gasteiger partial charge in [-0.1, -0.05) is 0 Å². The number of carbonyl (C=O) groups excluding carboxylic acids is 1. The average molecular weight is 240 g/mol. The molecule has 2 saturated heterocycles. The second-order valence-corrected chi connectivity index (χ2v) is 5.15. The molecule has 2 unspecified atom stereocenters. The summed E-state index contributed by atoms with van der Waals surface area (Å²) in [6.07, 6.45) is 7.50. The van der Waals surface area contributed by atoms with Crippen LogP contribution in [-0.2, 0) is 9.53 Å². The third kappa shape index (κ3) is 3.42. The summed E-state index contributed by atoms with van der Waals surface area (Å²) in [5, 5.41) is 0. The van der Waals surface area contributed by atoms with Gasteiger partial charge in [0.2, 0.25) is 5.91 Å². The van der Waals surface area contributed by atoms with Crippen LogP contribution in [0.1, 0.15) is 44.9 Å². The van der Waals surface area contributed by atoms with Crippen LogP contribution in [0.5, 0.6) is 0 Å². The Labute approximate surface area is 103 Å². The summed E-state index contributed by atoms with van der Waals surface area (Å²) in [5.74, 6) is 0.274. The summed E-state index contributed by atoms with van der Waals surface area (Å²) in [4.78, 5) is 14.1. The molecule has 0 spiro atoms. The Morgan fingerprint density at radius 3 is 2.88 bits per heavy atom. The lowest BCUT2D eigenvalue weighted by atomic mass is 10.0. The van der Waals surface area contributed by atoms with Crippen LogP contribution in [0.4, 0.5) is 0 Å². The van der Waals surface area contributed by atoms with Crippen molar-refractivity contribution in [2.75, 3.05) is 19.7 Å². The van der Waals surface area contributed by atoms with E-state index in [0.29, 0.717) is 19.1 Å². The Morgan fingerprint density at radius 2 is 2.18 bits per heavy atom. The van der Waals surface area contributed by atoms with Crippen molar-refractivity contribution in [3.63, 3.8) is 0 Å². The third-order valence-corrected chi connectivity index (χ3v) is 3.92. The first kappa shape index (κ1) is 12.8. The van der Waals surface area contributed by atoms with Crippen molar-refractivity contribution in [3.8, 4) is 0 Å². The molecule has 0 aromatic rings. The number of rotatable bonds is 4. The second-order valence-electron chi connectivity index (χ2n) is 5.15. The van der Waals surface area contributed by atoms with E-state index in [1.807, 2.05) is 4.90 Å². The molecule has 98 valence electrons. The monoisotopic (exact) mass is 240 g/mol. The normalized spacial score (nSPS) is 29.6. The second kappa shape index (κ2) is 6.36. The zero-order valence-corrected chi connectivity index (χ0v) is 10.6. The van der Waals surface area contributed by atoms with Gasteiger partial charge in [-0.25, -0.2) is 0 Å². The molecule has 2 aliphatic rings. The molecule has 0 aliphatic carbocycles. The maximum atomic E-state index is 12.1. The molecule has 0 radical (unpaired) electrons. The van der Waals surface area contributed by atoms with Gasteiger partial charge in [-0.2, -0.15) is 0 Å². The quantitative estimate of drug-likeness (QED) is 0.805. The first-order chi connectivity index (χ1) is 8.31. The van der Waals surface area contributed by atoms with E-state index in [1.54, 1.807) is 0 Å². The molecular weight excluding hydrogens is 216 g/mol. The molecule has 2 atom stereocenters. The van der Waals surface area contributed by atoms with Crippen LogP contribution in [0.15, 0.2) is 0 Å². The van der Waals surface area contributed by atoms with Gasteiger partial charge in [0.05, 0.1) is 6.10 Å². The molecule has 4 nitrogen and oxygen atoms in total. The van der Waals surface area contributed by atoms with Crippen LogP contribution in [0.2, 0.25) is 0 Å². The molecule has 17 heavy (non-hydrogen) atoms. The van der Waals surface area contributed by atoms with E-state index in [2.05, 4.69) is 0 Å². The molecule has 2 fully saturated rings. The van der Waals surface area contributed by atoms with E-state index in [0.717, 1.165) is 45.3 Å². The molecule has 0 bridgehead atoms. The van der Waals surface area contributed by atoms with E-state index in [4.69, 9.17) is 10.5 Å². The van der Waals surface area contributed by atoms with Crippen LogP contribution < -0.4 is 5.73 Å². The average Bonchev–Trinajstić information content (AvgIpc) is 2.89. The van der Waals surface area contributed by atoms with Gasteiger partial charge in [0, 0.05) is 32.2 Å². The SMILES string of the molecule is NCC1CCCCN1C(=O)CCC1CCCO1. The molecule has 1 amide bonds. The van der Waals surface area contributed by atoms with E-state index < -0.39 is 0 Å². The number of carbonyl (C=O) groups is 1. The van der Waals surface area contributed by atoms with Crippen molar-refractivity contribution < 1.29 is 9.53 Å². The molecule has 0 aromatic carbocycles. The van der Waals surface area contributed by atoms with Crippen LogP contribution in [0.25, 0.3) is 0 Å². The Morgan fingerprint density at radius 1 is 1.29 bits per heavy atom. The van der Waals surface area contributed by atoms with Crippen molar-refractivity contribution in [2.45, 2.75) is 57.1 Å². The highest BCUT2D eigenvalue weighted by molar-refractivity contribution is 5.76. The molecule has 2 rings (SSSR count). The Kier molecular flexibility index (Phi) is 4.80. The number of hydrogen-bond donors (Lipinski definition) is 1. The molecule has 0 aromatic heterocycles. The van der Waals surface area contributed by atoms with Gasteiger partial charge < -0.3 is 15.4 Å². The number of nitrogens with zero attached hydrogens (tertiary/aromatic N) is 1. The van der Waals surface area contributed by atoms with Gasteiger partial charge in [-0.05, 0) is 38.5 Å². The minimum absolute atomic E-state index is 0.274. The highest BCUT2D eigenvalue weighted by atomic mass is 16.5. The zero-order chi connectivity index (χ0) is 12.1.